The number of aromatic nitrogens is 2. The van der Waals surface area contributed by atoms with Gasteiger partial charge in [0, 0.05) is 49.6 Å². The Balaban J connectivity index is 1.33. The molecule has 0 unspecified atom stereocenters. The van der Waals surface area contributed by atoms with Gasteiger partial charge in [-0.2, -0.15) is 5.10 Å². The molecule has 1 aromatic heterocycles. The van der Waals surface area contributed by atoms with E-state index in [1.54, 1.807) is 23.7 Å². The van der Waals surface area contributed by atoms with Crippen LogP contribution >= 0.6 is 11.6 Å². The lowest BCUT2D eigenvalue weighted by Crippen LogP contribution is -2.49. The molecule has 4 aromatic rings. The van der Waals surface area contributed by atoms with E-state index in [9.17, 15) is 18.4 Å². The summed E-state index contributed by atoms with van der Waals surface area (Å²) in [5.74, 6) is -3.11. The van der Waals surface area contributed by atoms with Crippen molar-refractivity contribution in [1.82, 2.24) is 14.7 Å². The van der Waals surface area contributed by atoms with Crippen LogP contribution in [0.25, 0.3) is 16.9 Å². The van der Waals surface area contributed by atoms with Gasteiger partial charge in [-0.05, 0) is 37.3 Å². The maximum atomic E-state index is 14.4. The second kappa shape index (κ2) is 12.0. The Kier molecular flexibility index (Phi) is 8.21. The summed E-state index contributed by atoms with van der Waals surface area (Å²) in [5.41, 5.74) is 2.58. The van der Waals surface area contributed by atoms with E-state index in [-0.39, 0.29) is 18.1 Å². The number of hydrogen-bond acceptors (Lipinski definition) is 6. The number of carbonyl (C=O) groups excluding carboxylic acids is 2. The molecule has 0 bridgehead atoms. The van der Waals surface area contributed by atoms with Crippen LogP contribution in [-0.4, -0.2) is 66.5 Å². The van der Waals surface area contributed by atoms with E-state index in [0.717, 1.165) is 23.4 Å². The van der Waals surface area contributed by atoms with Crippen molar-refractivity contribution in [2.45, 2.75) is 6.92 Å². The van der Waals surface area contributed by atoms with Gasteiger partial charge in [-0.1, -0.05) is 35.9 Å². The summed E-state index contributed by atoms with van der Waals surface area (Å²) in [6.07, 6.45) is 0. The second-order valence-corrected chi connectivity index (χ2v) is 9.70. The number of carbonyl (C=O) groups is 2. The van der Waals surface area contributed by atoms with Crippen LogP contribution in [0, 0.1) is 11.6 Å². The van der Waals surface area contributed by atoms with Gasteiger partial charge in [0.25, 0.3) is 5.91 Å². The predicted octanol–water partition coefficient (Wildman–Crippen LogP) is 5.62. The van der Waals surface area contributed by atoms with Crippen molar-refractivity contribution in [3.63, 3.8) is 0 Å². The first-order valence-electron chi connectivity index (χ1n) is 13.0. The molecule has 0 aliphatic carbocycles. The van der Waals surface area contributed by atoms with Crippen LogP contribution in [0.1, 0.15) is 27.8 Å². The van der Waals surface area contributed by atoms with Gasteiger partial charge in [-0.3, -0.25) is 4.79 Å². The Hall–Kier alpha value is -4.44. The maximum absolute atomic E-state index is 14.4. The van der Waals surface area contributed by atoms with Crippen LogP contribution < -0.4 is 9.64 Å². The van der Waals surface area contributed by atoms with Crippen molar-refractivity contribution in [2.75, 3.05) is 44.8 Å². The summed E-state index contributed by atoms with van der Waals surface area (Å²) in [7, 11) is 1.30. The fraction of sp³-hybridized carbons (Fsp3) is 0.233. The number of methoxy groups -OCH3 is 1. The van der Waals surface area contributed by atoms with Gasteiger partial charge in [0.15, 0.2) is 5.69 Å². The standard InChI is InChI=1S/C30H27ClF2N4O4/c1-3-41-30(39)25-18-27(37(34-25)26-7-5-4-6-22(26)31)19-8-10-20(11-9-19)35-12-14-36(15-13-35)29(38)28-23(32)16-21(40-2)17-24(28)33/h4-11,16-18H,3,12-15H2,1-2H3. The number of para-hydroxylation sites is 1. The molecule has 0 atom stereocenters. The Morgan fingerprint density at radius 1 is 0.951 bits per heavy atom. The van der Waals surface area contributed by atoms with Crippen molar-refractivity contribution in [3.05, 3.63) is 94.6 Å². The lowest BCUT2D eigenvalue weighted by molar-refractivity contribution is 0.0518. The molecule has 8 nitrogen and oxygen atoms in total. The van der Waals surface area contributed by atoms with Crippen molar-refractivity contribution in [2.24, 2.45) is 0 Å². The van der Waals surface area contributed by atoms with Crippen LogP contribution in [-0.2, 0) is 4.74 Å². The molecule has 0 radical (unpaired) electrons. The number of esters is 1. The molecule has 11 heteroatoms. The smallest absolute Gasteiger partial charge is 0.358 e. The molecule has 5 rings (SSSR count). The monoisotopic (exact) mass is 580 g/mol. The van der Waals surface area contributed by atoms with Crippen LogP contribution in [0.4, 0.5) is 14.5 Å². The first kappa shape index (κ1) is 28.1. The van der Waals surface area contributed by atoms with Crippen LogP contribution in [0.15, 0.2) is 66.7 Å². The van der Waals surface area contributed by atoms with E-state index in [1.807, 2.05) is 42.5 Å². The van der Waals surface area contributed by atoms with E-state index in [1.165, 1.54) is 12.0 Å². The zero-order valence-corrected chi connectivity index (χ0v) is 23.2. The molecule has 1 aliphatic heterocycles. The van der Waals surface area contributed by atoms with Crippen molar-refractivity contribution in [3.8, 4) is 22.7 Å². The molecule has 212 valence electrons. The van der Waals surface area contributed by atoms with Gasteiger partial charge in [0.2, 0.25) is 0 Å². The van der Waals surface area contributed by atoms with Crippen molar-refractivity contribution < 1.29 is 27.8 Å². The molecule has 1 aliphatic rings. The molecule has 3 aromatic carbocycles. The fourth-order valence-corrected chi connectivity index (χ4v) is 4.96. The quantitative estimate of drug-likeness (QED) is 0.264. The normalized spacial score (nSPS) is 13.3. The largest absolute Gasteiger partial charge is 0.497 e. The Morgan fingerprint density at radius 2 is 1.61 bits per heavy atom. The predicted molar refractivity (Wildman–Crippen MR) is 151 cm³/mol. The molecular formula is C30H27ClF2N4O4. The molecule has 1 saturated heterocycles. The highest BCUT2D eigenvalue weighted by Gasteiger charge is 2.28. The molecule has 1 amide bonds. The third kappa shape index (κ3) is 5.74. The van der Waals surface area contributed by atoms with Crippen molar-refractivity contribution >= 4 is 29.2 Å². The first-order valence-corrected chi connectivity index (χ1v) is 13.4. The number of halogens is 3. The number of ether oxygens (including phenoxy) is 2. The van der Waals surface area contributed by atoms with Gasteiger partial charge >= 0.3 is 5.97 Å². The minimum absolute atomic E-state index is 0.0110. The Bertz CT molecular complexity index is 1560. The van der Waals surface area contributed by atoms with Gasteiger partial charge < -0.3 is 19.3 Å². The molecule has 0 spiro atoms. The molecule has 1 fully saturated rings. The van der Waals surface area contributed by atoms with Crippen LogP contribution in [0.2, 0.25) is 5.02 Å². The number of rotatable bonds is 7. The van der Waals surface area contributed by atoms with E-state index in [0.29, 0.717) is 42.6 Å². The molecule has 2 heterocycles. The van der Waals surface area contributed by atoms with Gasteiger partial charge in [-0.15, -0.1) is 0 Å². The van der Waals surface area contributed by atoms with Crippen molar-refractivity contribution in [1.29, 1.82) is 0 Å². The maximum Gasteiger partial charge on any atom is 0.358 e. The Morgan fingerprint density at radius 3 is 2.22 bits per heavy atom. The van der Waals surface area contributed by atoms with E-state index in [2.05, 4.69) is 10.00 Å². The first-order chi connectivity index (χ1) is 19.8. The summed E-state index contributed by atoms with van der Waals surface area (Å²) in [4.78, 5) is 28.9. The van der Waals surface area contributed by atoms with Crippen LogP contribution in [0.5, 0.6) is 5.75 Å². The number of nitrogens with zero attached hydrogens (tertiary/aromatic N) is 4. The zero-order valence-electron chi connectivity index (χ0n) is 22.4. The van der Waals surface area contributed by atoms with E-state index >= 15 is 0 Å². The average molecular weight is 581 g/mol. The highest BCUT2D eigenvalue weighted by Crippen LogP contribution is 2.30. The summed E-state index contributed by atoms with van der Waals surface area (Å²) >= 11 is 6.44. The SMILES string of the molecule is CCOC(=O)c1cc(-c2ccc(N3CCN(C(=O)c4c(F)cc(OC)cc4F)CC3)cc2)n(-c2ccccc2Cl)n1. The molecule has 41 heavy (non-hydrogen) atoms. The highest BCUT2D eigenvalue weighted by molar-refractivity contribution is 6.32. The molecule has 0 saturated carbocycles. The fourth-order valence-electron chi connectivity index (χ4n) is 4.74. The summed E-state index contributed by atoms with van der Waals surface area (Å²) < 4.78 is 40.5. The van der Waals surface area contributed by atoms with E-state index in [4.69, 9.17) is 21.1 Å². The second-order valence-electron chi connectivity index (χ2n) is 9.29. The van der Waals surface area contributed by atoms with Crippen LogP contribution in [0.3, 0.4) is 0 Å². The number of anilines is 1. The number of hydrogen-bond donors (Lipinski definition) is 0. The summed E-state index contributed by atoms with van der Waals surface area (Å²) in [6, 6.07) is 18.6. The highest BCUT2D eigenvalue weighted by atomic mass is 35.5. The number of piperazine rings is 1. The lowest BCUT2D eigenvalue weighted by atomic mass is 10.1. The molecular weight excluding hydrogens is 554 g/mol. The third-order valence-corrected chi connectivity index (χ3v) is 7.15. The van der Waals surface area contributed by atoms with E-state index < -0.39 is 29.1 Å². The summed E-state index contributed by atoms with van der Waals surface area (Å²) in [5, 5.41) is 4.95. The topological polar surface area (TPSA) is 76.9 Å². The Labute approximate surface area is 240 Å². The zero-order chi connectivity index (χ0) is 29.1. The third-order valence-electron chi connectivity index (χ3n) is 6.83. The van der Waals surface area contributed by atoms with Gasteiger partial charge in [0.05, 0.1) is 30.1 Å². The summed E-state index contributed by atoms with van der Waals surface area (Å²) in [6.45, 7) is 3.52. The molecule has 0 N–H and O–H groups in total. The number of amides is 1. The number of benzene rings is 3. The lowest BCUT2D eigenvalue weighted by Gasteiger charge is -2.36. The average Bonchev–Trinajstić information content (AvgIpc) is 3.43. The van der Waals surface area contributed by atoms with Gasteiger partial charge in [-0.25, -0.2) is 18.3 Å². The van der Waals surface area contributed by atoms with Gasteiger partial charge in [0.1, 0.15) is 22.9 Å². The minimum Gasteiger partial charge on any atom is -0.497 e. The minimum atomic E-state index is -0.952.